The number of benzene rings is 2. The molecule has 0 spiro atoms. The first-order valence-electron chi connectivity index (χ1n) is 5.54. The fourth-order valence-corrected chi connectivity index (χ4v) is 2.68. The van der Waals surface area contributed by atoms with Crippen LogP contribution in [-0.4, -0.2) is 0 Å². The van der Waals surface area contributed by atoms with E-state index in [1.54, 1.807) is 0 Å². The molecule has 0 heterocycles. The summed E-state index contributed by atoms with van der Waals surface area (Å²) in [5.41, 5.74) is 5.11. The fourth-order valence-electron chi connectivity index (χ4n) is 1.69. The number of aryl methyl sites for hydroxylation is 2. The number of alkyl halides is 1. The maximum atomic E-state index is 3.76. The molecule has 2 rings (SSSR count). The molecule has 0 nitrogen and oxygen atoms in total. The van der Waals surface area contributed by atoms with Crippen LogP contribution in [-0.2, 0) is 0 Å². The molecule has 0 radical (unpaired) electrons. The Morgan fingerprint density at radius 3 is 2.06 bits per heavy atom. The molecule has 0 saturated heterocycles. The molecule has 2 heteroatoms. The molecule has 0 aliphatic carbocycles. The summed E-state index contributed by atoms with van der Waals surface area (Å²) in [5, 5.41) is 0. The minimum atomic E-state index is 0.250. The van der Waals surface area contributed by atoms with Crippen LogP contribution >= 0.6 is 31.9 Å². The van der Waals surface area contributed by atoms with Crippen LogP contribution in [0, 0.1) is 13.8 Å². The van der Waals surface area contributed by atoms with Crippen molar-refractivity contribution in [1.82, 2.24) is 0 Å². The van der Waals surface area contributed by atoms with Crippen molar-refractivity contribution >= 4 is 31.9 Å². The van der Waals surface area contributed by atoms with E-state index in [-0.39, 0.29) is 4.83 Å². The first-order chi connectivity index (χ1) is 8.08. The first kappa shape index (κ1) is 12.8. The summed E-state index contributed by atoms with van der Waals surface area (Å²) in [6.45, 7) is 4.21. The third kappa shape index (κ3) is 2.99. The van der Waals surface area contributed by atoms with Gasteiger partial charge < -0.3 is 0 Å². The van der Waals surface area contributed by atoms with Gasteiger partial charge >= 0.3 is 0 Å². The molecule has 2 aromatic rings. The van der Waals surface area contributed by atoms with Gasteiger partial charge in [-0.05, 0) is 36.6 Å². The van der Waals surface area contributed by atoms with Gasteiger partial charge in [0.2, 0.25) is 0 Å². The molecule has 1 atom stereocenters. The third-order valence-electron chi connectivity index (χ3n) is 2.86. The smallest absolute Gasteiger partial charge is 0.0645 e. The van der Waals surface area contributed by atoms with E-state index >= 15 is 0 Å². The van der Waals surface area contributed by atoms with Crippen molar-refractivity contribution in [3.8, 4) is 0 Å². The Morgan fingerprint density at radius 2 is 1.47 bits per heavy atom. The lowest BCUT2D eigenvalue weighted by Gasteiger charge is -2.12. The molecule has 0 N–H and O–H groups in total. The third-order valence-corrected chi connectivity index (χ3v) is 4.77. The lowest BCUT2D eigenvalue weighted by Crippen LogP contribution is -1.93. The highest BCUT2D eigenvalue weighted by molar-refractivity contribution is 9.10. The summed E-state index contributed by atoms with van der Waals surface area (Å²) in [6, 6.07) is 15.1. The predicted molar refractivity (Wildman–Crippen MR) is 80.8 cm³/mol. The van der Waals surface area contributed by atoms with E-state index in [9.17, 15) is 0 Å². The lowest BCUT2D eigenvalue weighted by molar-refractivity contribution is 1.16. The van der Waals surface area contributed by atoms with Gasteiger partial charge in [-0.25, -0.2) is 0 Å². The maximum Gasteiger partial charge on any atom is 0.0645 e. The topological polar surface area (TPSA) is 0 Å². The van der Waals surface area contributed by atoms with Gasteiger partial charge in [0.25, 0.3) is 0 Å². The SMILES string of the molecule is Cc1ccc(C(Br)c2ccc(C)c(Br)c2)cc1. The molecule has 1 unspecified atom stereocenters. The second-order valence-electron chi connectivity index (χ2n) is 4.28. The normalized spacial score (nSPS) is 12.5. The molecular formula is C15H14Br2. The van der Waals surface area contributed by atoms with Crippen LogP contribution < -0.4 is 0 Å². The van der Waals surface area contributed by atoms with Crippen molar-refractivity contribution in [2.45, 2.75) is 18.7 Å². The van der Waals surface area contributed by atoms with E-state index < -0.39 is 0 Å². The van der Waals surface area contributed by atoms with E-state index in [0.717, 1.165) is 4.47 Å². The van der Waals surface area contributed by atoms with E-state index in [0.29, 0.717) is 0 Å². The average Bonchev–Trinajstić information content (AvgIpc) is 2.33. The van der Waals surface area contributed by atoms with Crippen LogP contribution in [0.1, 0.15) is 27.1 Å². The summed E-state index contributed by atoms with van der Waals surface area (Å²) in [7, 11) is 0. The van der Waals surface area contributed by atoms with E-state index in [1.165, 1.54) is 22.3 Å². The number of rotatable bonds is 2. The highest BCUT2D eigenvalue weighted by Gasteiger charge is 2.10. The van der Waals surface area contributed by atoms with Crippen LogP contribution in [0.2, 0.25) is 0 Å². The maximum absolute atomic E-state index is 3.76. The van der Waals surface area contributed by atoms with E-state index in [1.807, 2.05) is 0 Å². The zero-order chi connectivity index (χ0) is 12.4. The minimum absolute atomic E-state index is 0.250. The summed E-state index contributed by atoms with van der Waals surface area (Å²) < 4.78 is 1.16. The van der Waals surface area contributed by atoms with Crippen LogP contribution in [0.25, 0.3) is 0 Å². The highest BCUT2D eigenvalue weighted by Crippen LogP contribution is 2.33. The second kappa shape index (κ2) is 5.36. The predicted octanol–water partition coefficient (Wildman–Crippen LogP) is 5.55. The quantitative estimate of drug-likeness (QED) is 0.621. The highest BCUT2D eigenvalue weighted by atomic mass is 79.9. The summed E-state index contributed by atoms with van der Waals surface area (Å²) in [5.74, 6) is 0. The summed E-state index contributed by atoms with van der Waals surface area (Å²) >= 11 is 7.33. The second-order valence-corrected chi connectivity index (χ2v) is 6.05. The molecule has 0 aromatic heterocycles. The average molecular weight is 354 g/mol. The van der Waals surface area contributed by atoms with Gasteiger partial charge in [0.15, 0.2) is 0 Å². The molecule has 17 heavy (non-hydrogen) atoms. The van der Waals surface area contributed by atoms with Gasteiger partial charge in [0.05, 0.1) is 4.83 Å². The Bertz CT molecular complexity index is 515. The molecular weight excluding hydrogens is 340 g/mol. The van der Waals surface area contributed by atoms with Crippen molar-refractivity contribution in [2.24, 2.45) is 0 Å². The molecule has 88 valence electrons. The zero-order valence-corrected chi connectivity index (χ0v) is 13.0. The largest absolute Gasteiger partial charge is 0.0786 e. The Kier molecular flexibility index (Phi) is 4.05. The number of hydrogen-bond donors (Lipinski definition) is 0. The van der Waals surface area contributed by atoms with Gasteiger partial charge in [-0.15, -0.1) is 0 Å². The van der Waals surface area contributed by atoms with Crippen LogP contribution in [0.4, 0.5) is 0 Å². The van der Waals surface area contributed by atoms with Gasteiger partial charge in [-0.3, -0.25) is 0 Å². The van der Waals surface area contributed by atoms with Crippen LogP contribution in [0.5, 0.6) is 0 Å². The fraction of sp³-hybridized carbons (Fsp3) is 0.200. The zero-order valence-electron chi connectivity index (χ0n) is 9.87. The first-order valence-corrected chi connectivity index (χ1v) is 7.25. The molecule has 0 aliphatic heterocycles. The Hall–Kier alpha value is -0.600. The Morgan fingerprint density at radius 1 is 0.882 bits per heavy atom. The molecule has 0 bridgehead atoms. The van der Waals surface area contributed by atoms with Crippen molar-refractivity contribution < 1.29 is 0 Å². The summed E-state index contributed by atoms with van der Waals surface area (Å²) in [6.07, 6.45) is 0. The van der Waals surface area contributed by atoms with Crippen molar-refractivity contribution in [1.29, 1.82) is 0 Å². The van der Waals surface area contributed by atoms with Gasteiger partial charge in [-0.1, -0.05) is 73.8 Å². The number of hydrogen-bond acceptors (Lipinski definition) is 0. The van der Waals surface area contributed by atoms with Crippen molar-refractivity contribution in [3.05, 3.63) is 69.2 Å². The Balaban J connectivity index is 2.33. The standard InChI is InChI=1S/C15H14Br2/c1-10-3-6-12(7-4-10)15(17)13-8-5-11(2)14(16)9-13/h3-9,15H,1-2H3. The monoisotopic (exact) mass is 352 g/mol. The molecule has 0 fully saturated rings. The number of halogens is 2. The van der Waals surface area contributed by atoms with Crippen molar-refractivity contribution in [3.63, 3.8) is 0 Å². The van der Waals surface area contributed by atoms with Gasteiger partial charge in [0, 0.05) is 4.47 Å². The summed E-state index contributed by atoms with van der Waals surface area (Å²) in [4.78, 5) is 0.250. The molecule has 0 aliphatic rings. The molecule has 2 aromatic carbocycles. The minimum Gasteiger partial charge on any atom is -0.0786 e. The van der Waals surface area contributed by atoms with Crippen LogP contribution in [0.15, 0.2) is 46.9 Å². The van der Waals surface area contributed by atoms with Crippen LogP contribution in [0.3, 0.4) is 0 Å². The van der Waals surface area contributed by atoms with Gasteiger partial charge in [-0.2, -0.15) is 0 Å². The van der Waals surface area contributed by atoms with Gasteiger partial charge in [0.1, 0.15) is 0 Å². The van der Waals surface area contributed by atoms with Crippen molar-refractivity contribution in [2.75, 3.05) is 0 Å². The Labute approximate surface area is 119 Å². The van der Waals surface area contributed by atoms with E-state index in [4.69, 9.17) is 0 Å². The van der Waals surface area contributed by atoms with E-state index in [2.05, 4.69) is 88.2 Å². The molecule has 0 amide bonds. The lowest BCUT2D eigenvalue weighted by atomic mass is 10.0. The molecule has 0 saturated carbocycles.